The van der Waals surface area contributed by atoms with Gasteiger partial charge in [0.1, 0.15) is 6.54 Å². The van der Waals surface area contributed by atoms with Gasteiger partial charge in [0, 0.05) is 12.1 Å². The monoisotopic (exact) mass is 253 g/mol. The zero-order valence-corrected chi connectivity index (χ0v) is 9.33. The Balaban J connectivity index is 2.16. The molecule has 1 aromatic rings. The molecule has 0 spiro atoms. The van der Waals surface area contributed by atoms with Crippen LogP contribution in [0.2, 0.25) is 0 Å². The molecule has 1 saturated carbocycles. The number of nitrogens with zero attached hydrogens (tertiary/aromatic N) is 2. The highest BCUT2D eigenvalue weighted by molar-refractivity contribution is 5.95. The van der Waals surface area contributed by atoms with Crippen LogP contribution in [0.5, 0.6) is 0 Å². The second kappa shape index (κ2) is 4.47. The molecule has 0 saturated heterocycles. The van der Waals surface area contributed by atoms with Crippen molar-refractivity contribution in [2.45, 2.75) is 18.9 Å². The summed E-state index contributed by atoms with van der Waals surface area (Å²) in [5.41, 5.74) is 0.0369. The van der Waals surface area contributed by atoms with E-state index in [1.54, 1.807) is 0 Å². The SMILES string of the molecule is O=C(O)CN(C(=O)c1ccc([N+](=O)[O-])[nH]1)C1CC1. The van der Waals surface area contributed by atoms with Crippen molar-refractivity contribution in [2.75, 3.05) is 6.54 Å². The molecule has 2 N–H and O–H groups in total. The van der Waals surface area contributed by atoms with E-state index in [2.05, 4.69) is 4.98 Å². The molecule has 8 nitrogen and oxygen atoms in total. The van der Waals surface area contributed by atoms with Crippen LogP contribution in [-0.4, -0.2) is 44.4 Å². The van der Waals surface area contributed by atoms with Crippen molar-refractivity contribution in [2.24, 2.45) is 0 Å². The maximum atomic E-state index is 12.0. The fourth-order valence-electron chi connectivity index (χ4n) is 1.67. The van der Waals surface area contributed by atoms with E-state index in [0.29, 0.717) is 0 Å². The number of rotatable bonds is 5. The number of carbonyl (C=O) groups excluding carboxylic acids is 1. The van der Waals surface area contributed by atoms with Crippen molar-refractivity contribution in [3.63, 3.8) is 0 Å². The van der Waals surface area contributed by atoms with Crippen LogP contribution in [0.1, 0.15) is 23.3 Å². The number of nitrogens with one attached hydrogen (secondary N) is 1. The molecule has 0 aliphatic heterocycles. The standard InChI is InChI=1S/C10H11N3O5/c14-9(15)5-12(6-1-2-6)10(16)7-3-4-8(11-7)13(17)18/h3-4,6,11H,1-2,5H2,(H,14,15). The van der Waals surface area contributed by atoms with Crippen LogP contribution in [0.15, 0.2) is 12.1 Å². The summed E-state index contributed by atoms with van der Waals surface area (Å²) in [6, 6.07) is 2.40. The lowest BCUT2D eigenvalue weighted by Crippen LogP contribution is -2.37. The molecule has 0 atom stereocenters. The molecule has 18 heavy (non-hydrogen) atoms. The number of hydrogen-bond donors (Lipinski definition) is 2. The summed E-state index contributed by atoms with van der Waals surface area (Å²) in [6.45, 7) is -0.393. The van der Waals surface area contributed by atoms with Crippen LogP contribution in [0, 0.1) is 10.1 Å². The van der Waals surface area contributed by atoms with Crippen molar-refractivity contribution in [3.05, 3.63) is 27.9 Å². The number of aromatic amines is 1. The average molecular weight is 253 g/mol. The number of amides is 1. The predicted molar refractivity (Wildman–Crippen MR) is 59.1 cm³/mol. The first-order valence-electron chi connectivity index (χ1n) is 5.35. The van der Waals surface area contributed by atoms with E-state index in [0.717, 1.165) is 12.8 Å². The third kappa shape index (κ3) is 2.47. The van der Waals surface area contributed by atoms with Gasteiger partial charge >= 0.3 is 11.8 Å². The van der Waals surface area contributed by atoms with E-state index in [-0.39, 0.29) is 17.6 Å². The maximum absolute atomic E-state index is 12.0. The van der Waals surface area contributed by atoms with E-state index in [1.165, 1.54) is 17.0 Å². The summed E-state index contributed by atoms with van der Waals surface area (Å²) >= 11 is 0. The Morgan fingerprint density at radius 3 is 2.61 bits per heavy atom. The quantitative estimate of drug-likeness (QED) is 0.589. The molecule has 1 aliphatic rings. The van der Waals surface area contributed by atoms with Gasteiger partial charge in [-0.15, -0.1) is 0 Å². The second-order valence-electron chi connectivity index (χ2n) is 4.07. The van der Waals surface area contributed by atoms with E-state index in [4.69, 9.17) is 5.11 Å². The molecule has 1 fully saturated rings. The van der Waals surface area contributed by atoms with Crippen molar-refractivity contribution in [1.82, 2.24) is 9.88 Å². The number of aromatic nitrogens is 1. The lowest BCUT2D eigenvalue weighted by molar-refractivity contribution is -0.389. The van der Waals surface area contributed by atoms with Crippen LogP contribution in [0.3, 0.4) is 0 Å². The number of carbonyl (C=O) groups is 2. The topological polar surface area (TPSA) is 117 Å². The van der Waals surface area contributed by atoms with Crippen LogP contribution in [0.25, 0.3) is 0 Å². The molecule has 1 aliphatic carbocycles. The van der Waals surface area contributed by atoms with E-state index < -0.39 is 23.3 Å². The van der Waals surface area contributed by atoms with Gasteiger partial charge in [0.15, 0.2) is 5.69 Å². The maximum Gasteiger partial charge on any atom is 0.323 e. The second-order valence-corrected chi connectivity index (χ2v) is 4.07. The number of aliphatic carboxylic acids is 1. The van der Waals surface area contributed by atoms with Gasteiger partial charge in [-0.3, -0.25) is 9.59 Å². The van der Waals surface area contributed by atoms with Crippen LogP contribution >= 0.6 is 0 Å². The summed E-state index contributed by atoms with van der Waals surface area (Å²) in [7, 11) is 0. The van der Waals surface area contributed by atoms with Crippen molar-refractivity contribution in [3.8, 4) is 0 Å². The lowest BCUT2D eigenvalue weighted by Gasteiger charge is -2.18. The van der Waals surface area contributed by atoms with Gasteiger partial charge in [0.2, 0.25) is 0 Å². The smallest absolute Gasteiger partial charge is 0.323 e. The Morgan fingerprint density at radius 2 is 2.17 bits per heavy atom. The molecule has 2 rings (SSSR count). The van der Waals surface area contributed by atoms with Gasteiger partial charge in [-0.1, -0.05) is 0 Å². The van der Waals surface area contributed by atoms with Gasteiger partial charge in [0.05, 0.1) is 0 Å². The number of carboxylic acid groups (broad SMARTS) is 1. The summed E-state index contributed by atoms with van der Waals surface area (Å²) in [6.07, 6.45) is 1.53. The fraction of sp³-hybridized carbons (Fsp3) is 0.400. The minimum absolute atomic E-state index is 0.0369. The average Bonchev–Trinajstić information content (AvgIpc) is 3.00. The molecule has 0 aromatic carbocycles. The molecule has 0 bridgehead atoms. The number of hydrogen-bond acceptors (Lipinski definition) is 4. The number of nitro groups is 1. The van der Waals surface area contributed by atoms with Crippen molar-refractivity contribution in [1.29, 1.82) is 0 Å². The molecule has 0 radical (unpaired) electrons. The summed E-state index contributed by atoms with van der Waals surface area (Å²) in [5, 5.41) is 19.2. The molecule has 1 aromatic heterocycles. The lowest BCUT2D eigenvalue weighted by atomic mass is 10.3. The fourth-order valence-corrected chi connectivity index (χ4v) is 1.67. The van der Waals surface area contributed by atoms with Gasteiger partial charge in [-0.05, 0) is 23.8 Å². The van der Waals surface area contributed by atoms with Gasteiger partial charge in [0.25, 0.3) is 5.91 Å². The van der Waals surface area contributed by atoms with E-state index >= 15 is 0 Å². The van der Waals surface area contributed by atoms with Crippen LogP contribution in [-0.2, 0) is 4.79 Å². The zero-order valence-electron chi connectivity index (χ0n) is 9.33. The minimum Gasteiger partial charge on any atom is -0.480 e. The molecule has 1 amide bonds. The third-order valence-electron chi connectivity index (χ3n) is 2.65. The van der Waals surface area contributed by atoms with Crippen molar-refractivity contribution < 1.29 is 19.6 Å². The molecular formula is C10H11N3O5. The van der Waals surface area contributed by atoms with Gasteiger partial charge < -0.3 is 20.1 Å². The zero-order chi connectivity index (χ0) is 13.3. The largest absolute Gasteiger partial charge is 0.480 e. The number of H-pyrrole nitrogens is 1. The normalized spacial score (nSPS) is 14.2. The van der Waals surface area contributed by atoms with Crippen LogP contribution in [0.4, 0.5) is 5.82 Å². The molecule has 1 heterocycles. The Bertz CT molecular complexity index is 505. The molecule has 0 unspecified atom stereocenters. The molecule has 8 heteroatoms. The van der Waals surface area contributed by atoms with Gasteiger partial charge in [-0.2, -0.15) is 0 Å². The Hall–Kier alpha value is -2.38. The molecular weight excluding hydrogens is 242 g/mol. The summed E-state index contributed by atoms with van der Waals surface area (Å²) < 4.78 is 0. The number of carboxylic acids is 1. The Labute approximate surface area is 101 Å². The predicted octanol–water partition coefficient (Wildman–Crippen LogP) is 0.612. The minimum atomic E-state index is -1.10. The summed E-state index contributed by atoms with van der Waals surface area (Å²) in [4.78, 5) is 36.1. The van der Waals surface area contributed by atoms with Crippen LogP contribution < -0.4 is 0 Å². The highest BCUT2D eigenvalue weighted by Crippen LogP contribution is 2.28. The van der Waals surface area contributed by atoms with E-state index in [9.17, 15) is 19.7 Å². The van der Waals surface area contributed by atoms with Gasteiger partial charge in [-0.25, -0.2) is 4.98 Å². The third-order valence-corrected chi connectivity index (χ3v) is 2.65. The Morgan fingerprint density at radius 1 is 1.50 bits per heavy atom. The first kappa shape index (κ1) is 12.1. The first-order valence-corrected chi connectivity index (χ1v) is 5.35. The molecule has 96 valence electrons. The first-order chi connectivity index (χ1) is 8.49. The summed E-state index contributed by atoms with van der Waals surface area (Å²) in [5.74, 6) is -1.91. The highest BCUT2D eigenvalue weighted by Gasteiger charge is 2.36. The van der Waals surface area contributed by atoms with Crippen molar-refractivity contribution >= 4 is 17.7 Å². The Kier molecular flexibility index (Phi) is 3.00. The van der Waals surface area contributed by atoms with E-state index in [1.807, 2.05) is 0 Å². The highest BCUT2D eigenvalue weighted by atomic mass is 16.6.